The summed E-state index contributed by atoms with van der Waals surface area (Å²) in [7, 11) is 0. The van der Waals surface area contributed by atoms with E-state index in [9.17, 15) is 4.79 Å². The second-order valence-corrected chi connectivity index (χ2v) is 7.72. The normalized spacial score (nSPS) is 15.0. The van der Waals surface area contributed by atoms with Crippen LogP contribution in [0.5, 0.6) is 0 Å². The van der Waals surface area contributed by atoms with E-state index >= 15 is 0 Å². The third-order valence-corrected chi connectivity index (χ3v) is 5.36. The number of amides is 1. The summed E-state index contributed by atoms with van der Waals surface area (Å²) in [5.41, 5.74) is 1.10. The SMILES string of the molecule is CCNC(=NCCCc1ccc(Cl)cc1Cl)NCCN1CCN(C(C)=O)CC1.I. The fourth-order valence-corrected chi connectivity index (χ4v) is 3.65. The highest BCUT2D eigenvalue weighted by Gasteiger charge is 2.17. The molecule has 0 aromatic heterocycles. The molecule has 1 amide bonds. The maximum atomic E-state index is 11.4. The van der Waals surface area contributed by atoms with Gasteiger partial charge in [-0.1, -0.05) is 29.3 Å². The number of halogens is 3. The first-order chi connectivity index (χ1) is 13.5. The Morgan fingerprint density at radius 3 is 2.52 bits per heavy atom. The van der Waals surface area contributed by atoms with Crippen LogP contribution in [0.2, 0.25) is 10.0 Å². The Kier molecular flexibility index (Phi) is 12.9. The van der Waals surface area contributed by atoms with Crippen molar-refractivity contribution in [3.63, 3.8) is 0 Å². The van der Waals surface area contributed by atoms with Gasteiger partial charge in [-0.3, -0.25) is 14.7 Å². The van der Waals surface area contributed by atoms with Gasteiger partial charge in [0.15, 0.2) is 5.96 Å². The van der Waals surface area contributed by atoms with E-state index in [1.807, 2.05) is 17.0 Å². The third-order valence-electron chi connectivity index (χ3n) is 4.77. The zero-order valence-electron chi connectivity index (χ0n) is 17.2. The summed E-state index contributed by atoms with van der Waals surface area (Å²) in [5, 5.41) is 8.05. The van der Waals surface area contributed by atoms with Gasteiger partial charge in [0, 0.05) is 69.3 Å². The molecule has 1 aliphatic rings. The second-order valence-electron chi connectivity index (χ2n) is 6.87. The first kappa shape index (κ1) is 26.3. The lowest BCUT2D eigenvalue weighted by molar-refractivity contribution is -0.130. The predicted octanol–water partition coefficient (Wildman–Crippen LogP) is 3.26. The minimum atomic E-state index is 0. The summed E-state index contributed by atoms with van der Waals surface area (Å²) < 4.78 is 0. The lowest BCUT2D eigenvalue weighted by Gasteiger charge is -2.34. The highest BCUT2D eigenvalue weighted by atomic mass is 127. The number of rotatable bonds is 8. The van der Waals surface area contributed by atoms with Crippen molar-refractivity contribution in [2.24, 2.45) is 4.99 Å². The topological polar surface area (TPSA) is 60.0 Å². The Morgan fingerprint density at radius 1 is 1.17 bits per heavy atom. The molecular weight excluding hydrogens is 524 g/mol. The monoisotopic (exact) mass is 555 g/mol. The Morgan fingerprint density at radius 2 is 1.90 bits per heavy atom. The van der Waals surface area contributed by atoms with E-state index in [0.717, 1.165) is 76.7 Å². The zero-order valence-corrected chi connectivity index (χ0v) is 21.1. The lowest BCUT2D eigenvalue weighted by Crippen LogP contribution is -2.50. The van der Waals surface area contributed by atoms with Gasteiger partial charge in [0.2, 0.25) is 5.91 Å². The van der Waals surface area contributed by atoms with Gasteiger partial charge in [-0.15, -0.1) is 24.0 Å². The van der Waals surface area contributed by atoms with E-state index in [1.165, 1.54) is 0 Å². The Labute approximate surface area is 201 Å². The second kappa shape index (κ2) is 14.3. The molecule has 29 heavy (non-hydrogen) atoms. The average molecular weight is 556 g/mol. The Balaban J connectivity index is 0.00000420. The van der Waals surface area contributed by atoms with Crippen LogP contribution in [0.4, 0.5) is 0 Å². The number of nitrogens with zero attached hydrogens (tertiary/aromatic N) is 3. The Bertz CT molecular complexity index is 666. The molecule has 164 valence electrons. The third kappa shape index (κ3) is 9.72. The summed E-state index contributed by atoms with van der Waals surface area (Å²) in [6, 6.07) is 5.63. The van der Waals surface area contributed by atoms with Gasteiger partial charge >= 0.3 is 0 Å². The number of piperazine rings is 1. The summed E-state index contributed by atoms with van der Waals surface area (Å²) in [4.78, 5) is 20.3. The Hall–Kier alpha value is -0.770. The van der Waals surface area contributed by atoms with Crippen molar-refractivity contribution < 1.29 is 4.79 Å². The molecule has 1 aromatic rings. The van der Waals surface area contributed by atoms with Crippen molar-refractivity contribution >= 4 is 59.0 Å². The van der Waals surface area contributed by atoms with Gasteiger partial charge in [0.05, 0.1) is 0 Å². The molecule has 1 aliphatic heterocycles. The van der Waals surface area contributed by atoms with Gasteiger partial charge in [-0.25, -0.2) is 0 Å². The largest absolute Gasteiger partial charge is 0.357 e. The molecule has 0 saturated carbocycles. The number of guanidine groups is 1. The van der Waals surface area contributed by atoms with E-state index in [1.54, 1.807) is 13.0 Å². The van der Waals surface area contributed by atoms with Crippen LogP contribution in [0.1, 0.15) is 25.8 Å². The number of hydrogen-bond donors (Lipinski definition) is 2. The van der Waals surface area contributed by atoms with Gasteiger partial charge < -0.3 is 15.5 Å². The first-order valence-electron chi connectivity index (χ1n) is 9.93. The van der Waals surface area contributed by atoms with Crippen molar-refractivity contribution in [2.45, 2.75) is 26.7 Å². The van der Waals surface area contributed by atoms with Crippen molar-refractivity contribution in [3.8, 4) is 0 Å². The number of benzene rings is 1. The van der Waals surface area contributed by atoms with Crippen LogP contribution in [0, 0.1) is 0 Å². The fourth-order valence-electron chi connectivity index (χ4n) is 3.15. The van der Waals surface area contributed by atoms with Crippen LogP contribution in [-0.4, -0.2) is 74.0 Å². The van der Waals surface area contributed by atoms with Crippen molar-refractivity contribution in [1.82, 2.24) is 20.4 Å². The quantitative estimate of drug-likeness (QED) is 0.224. The predicted molar refractivity (Wildman–Crippen MR) is 133 cm³/mol. The van der Waals surface area contributed by atoms with Crippen LogP contribution < -0.4 is 10.6 Å². The fraction of sp³-hybridized carbons (Fsp3) is 0.600. The number of carbonyl (C=O) groups is 1. The van der Waals surface area contributed by atoms with Gasteiger partial charge in [-0.2, -0.15) is 0 Å². The molecule has 0 radical (unpaired) electrons. The van der Waals surface area contributed by atoms with E-state index in [-0.39, 0.29) is 29.9 Å². The number of aryl methyl sites for hydroxylation is 1. The molecule has 0 unspecified atom stereocenters. The minimum absolute atomic E-state index is 0. The zero-order chi connectivity index (χ0) is 20.4. The molecule has 1 fully saturated rings. The van der Waals surface area contributed by atoms with Crippen LogP contribution in [0.15, 0.2) is 23.2 Å². The molecule has 6 nitrogen and oxygen atoms in total. The maximum Gasteiger partial charge on any atom is 0.219 e. The molecule has 2 rings (SSSR count). The smallest absolute Gasteiger partial charge is 0.219 e. The van der Waals surface area contributed by atoms with Gasteiger partial charge in [0.25, 0.3) is 0 Å². The van der Waals surface area contributed by atoms with Crippen LogP contribution in [-0.2, 0) is 11.2 Å². The molecule has 1 heterocycles. The molecule has 0 aliphatic carbocycles. The highest BCUT2D eigenvalue weighted by molar-refractivity contribution is 14.0. The molecule has 0 atom stereocenters. The first-order valence-corrected chi connectivity index (χ1v) is 10.7. The summed E-state index contributed by atoms with van der Waals surface area (Å²) in [5.74, 6) is 1.01. The number of aliphatic imine (C=N–C) groups is 1. The molecule has 9 heteroatoms. The summed E-state index contributed by atoms with van der Waals surface area (Å²) in [6.45, 7) is 10.5. The highest BCUT2D eigenvalue weighted by Crippen LogP contribution is 2.21. The lowest BCUT2D eigenvalue weighted by atomic mass is 10.1. The molecule has 1 aromatic carbocycles. The van der Waals surface area contributed by atoms with E-state index in [4.69, 9.17) is 23.2 Å². The average Bonchev–Trinajstić information content (AvgIpc) is 2.67. The van der Waals surface area contributed by atoms with Crippen LogP contribution >= 0.6 is 47.2 Å². The number of carbonyl (C=O) groups excluding carboxylic acids is 1. The van der Waals surface area contributed by atoms with Crippen LogP contribution in [0.3, 0.4) is 0 Å². The van der Waals surface area contributed by atoms with Crippen molar-refractivity contribution in [3.05, 3.63) is 33.8 Å². The van der Waals surface area contributed by atoms with E-state index in [0.29, 0.717) is 10.0 Å². The minimum Gasteiger partial charge on any atom is -0.357 e. The number of nitrogens with one attached hydrogen (secondary N) is 2. The molecule has 0 spiro atoms. The van der Waals surface area contributed by atoms with E-state index in [2.05, 4.69) is 27.4 Å². The number of hydrogen-bond acceptors (Lipinski definition) is 3. The van der Waals surface area contributed by atoms with E-state index < -0.39 is 0 Å². The molecule has 2 N–H and O–H groups in total. The van der Waals surface area contributed by atoms with Crippen molar-refractivity contribution in [1.29, 1.82) is 0 Å². The van der Waals surface area contributed by atoms with Crippen LogP contribution in [0.25, 0.3) is 0 Å². The van der Waals surface area contributed by atoms with Crippen molar-refractivity contribution in [2.75, 3.05) is 52.4 Å². The molecule has 0 bridgehead atoms. The standard InChI is InChI=1S/C20H31Cl2N5O.HI/c1-3-23-20(24-8-4-5-17-6-7-18(21)15-19(17)22)25-9-10-26-11-13-27(14-12-26)16(2)28;/h6-7,15H,3-5,8-14H2,1-2H3,(H2,23,24,25);1H. The van der Waals surface area contributed by atoms with Gasteiger partial charge in [-0.05, 0) is 37.5 Å². The van der Waals surface area contributed by atoms with Gasteiger partial charge in [0.1, 0.15) is 0 Å². The summed E-state index contributed by atoms with van der Waals surface area (Å²) in [6.07, 6.45) is 1.80. The molecule has 1 saturated heterocycles. The molecular formula is C20H32Cl2IN5O. The summed E-state index contributed by atoms with van der Waals surface area (Å²) >= 11 is 12.2. The maximum absolute atomic E-state index is 11.4.